The summed E-state index contributed by atoms with van der Waals surface area (Å²) < 4.78 is 0. The molecular formula is C13H23N. The van der Waals surface area contributed by atoms with Gasteiger partial charge in [-0.2, -0.15) is 0 Å². The van der Waals surface area contributed by atoms with E-state index in [4.69, 9.17) is 0 Å². The first kappa shape index (κ1) is 13.2. The van der Waals surface area contributed by atoms with Crippen molar-refractivity contribution >= 4 is 0 Å². The molecule has 0 aliphatic carbocycles. The van der Waals surface area contributed by atoms with Crippen LogP contribution in [0.1, 0.15) is 25.8 Å². The van der Waals surface area contributed by atoms with Crippen LogP contribution in [0, 0.1) is 0 Å². The molecule has 1 nitrogen and oxygen atoms in total. The largest absolute Gasteiger partial charge is 0.309 e. The Morgan fingerprint density at radius 3 is 2.07 bits per heavy atom. The van der Waals surface area contributed by atoms with Gasteiger partial charge < -0.3 is 4.90 Å². The fourth-order valence-electron chi connectivity index (χ4n) is 1.24. The van der Waals surface area contributed by atoms with Gasteiger partial charge in [0.25, 0.3) is 0 Å². The van der Waals surface area contributed by atoms with E-state index in [2.05, 4.69) is 49.3 Å². The Morgan fingerprint density at radius 2 is 1.57 bits per heavy atom. The summed E-state index contributed by atoms with van der Waals surface area (Å²) in [6.07, 6.45) is 2.44. The molecule has 0 aliphatic rings. The predicted octanol–water partition coefficient (Wildman–Crippen LogP) is 3.21. The fraction of sp³-hybridized carbons (Fsp3) is 0.538. The van der Waals surface area contributed by atoms with Gasteiger partial charge in [-0.25, -0.2) is 0 Å². The van der Waals surface area contributed by atoms with E-state index in [1.54, 1.807) is 0 Å². The highest BCUT2D eigenvalue weighted by Crippen LogP contribution is 2.02. The first-order valence-electron chi connectivity index (χ1n) is 5.47. The number of rotatable bonds is 4. The van der Waals surface area contributed by atoms with E-state index in [0.29, 0.717) is 0 Å². The van der Waals surface area contributed by atoms with Gasteiger partial charge in [0.2, 0.25) is 0 Å². The van der Waals surface area contributed by atoms with Gasteiger partial charge in [-0.05, 0) is 39.0 Å². The Morgan fingerprint density at radius 1 is 1.00 bits per heavy atom. The van der Waals surface area contributed by atoms with Crippen molar-refractivity contribution in [1.29, 1.82) is 0 Å². The van der Waals surface area contributed by atoms with Gasteiger partial charge in [-0.15, -0.1) is 0 Å². The van der Waals surface area contributed by atoms with Crippen LogP contribution >= 0.6 is 0 Å². The zero-order chi connectivity index (χ0) is 10.8. The molecule has 0 unspecified atom stereocenters. The van der Waals surface area contributed by atoms with Crippen LogP contribution in [0.2, 0.25) is 0 Å². The van der Waals surface area contributed by atoms with Crippen molar-refractivity contribution in [2.24, 2.45) is 0 Å². The lowest BCUT2D eigenvalue weighted by Crippen LogP contribution is -2.13. The topological polar surface area (TPSA) is 3.24 Å². The summed E-state index contributed by atoms with van der Waals surface area (Å²) in [4.78, 5) is 2.23. The first-order chi connectivity index (χ1) is 6.79. The van der Waals surface area contributed by atoms with Crippen molar-refractivity contribution in [2.75, 3.05) is 20.6 Å². The summed E-state index contributed by atoms with van der Waals surface area (Å²) in [5.41, 5.74) is 1.44. The molecule has 14 heavy (non-hydrogen) atoms. The Kier molecular flexibility index (Phi) is 8.25. The van der Waals surface area contributed by atoms with E-state index in [-0.39, 0.29) is 0 Å². The SMILES string of the molecule is CC.CN(C)CCCc1ccccc1. The monoisotopic (exact) mass is 193 g/mol. The minimum atomic E-state index is 1.18. The molecule has 1 heteroatoms. The van der Waals surface area contributed by atoms with Gasteiger partial charge in [0, 0.05) is 0 Å². The number of benzene rings is 1. The summed E-state index contributed by atoms with van der Waals surface area (Å²) >= 11 is 0. The van der Waals surface area contributed by atoms with E-state index in [1.807, 2.05) is 13.8 Å². The van der Waals surface area contributed by atoms with E-state index < -0.39 is 0 Å². The predicted molar refractivity (Wildman–Crippen MR) is 64.7 cm³/mol. The van der Waals surface area contributed by atoms with Crippen LogP contribution in [0.15, 0.2) is 30.3 Å². The maximum absolute atomic E-state index is 2.23. The Bertz CT molecular complexity index is 204. The van der Waals surface area contributed by atoms with Crippen LogP contribution in [0.5, 0.6) is 0 Å². The Hall–Kier alpha value is -0.820. The third-order valence-electron chi connectivity index (χ3n) is 1.91. The summed E-state index contributed by atoms with van der Waals surface area (Å²) in [5, 5.41) is 0. The van der Waals surface area contributed by atoms with Crippen molar-refractivity contribution in [3.63, 3.8) is 0 Å². The summed E-state index contributed by atoms with van der Waals surface area (Å²) in [7, 11) is 4.23. The molecule has 0 N–H and O–H groups in total. The molecule has 0 atom stereocenters. The molecule has 0 fully saturated rings. The molecule has 0 heterocycles. The Balaban J connectivity index is 0.000000791. The van der Waals surface area contributed by atoms with Crippen molar-refractivity contribution in [3.05, 3.63) is 35.9 Å². The van der Waals surface area contributed by atoms with Crippen molar-refractivity contribution in [1.82, 2.24) is 4.90 Å². The molecule has 0 spiro atoms. The molecule has 0 aromatic heterocycles. The second kappa shape index (κ2) is 8.76. The molecule has 0 amide bonds. The maximum Gasteiger partial charge on any atom is -0.00217 e. The van der Waals surface area contributed by atoms with Crippen molar-refractivity contribution < 1.29 is 0 Å². The fourth-order valence-corrected chi connectivity index (χ4v) is 1.24. The van der Waals surface area contributed by atoms with Gasteiger partial charge >= 0.3 is 0 Å². The molecule has 1 aromatic rings. The van der Waals surface area contributed by atoms with Crippen LogP contribution in [0.3, 0.4) is 0 Å². The second-order valence-corrected chi connectivity index (χ2v) is 3.39. The summed E-state index contributed by atoms with van der Waals surface area (Å²) in [6, 6.07) is 10.6. The molecule has 0 bridgehead atoms. The van der Waals surface area contributed by atoms with E-state index in [9.17, 15) is 0 Å². The highest BCUT2D eigenvalue weighted by Gasteiger charge is 1.92. The number of aryl methyl sites for hydroxylation is 1. The summed E-state index contributed by atoms with van der Waals surface area (Å²) in [6.45, 7) is 5.18. The van der Waals surface area contributed by atoms with Crippen LogP contribution in [-0.2, 0) is 6.42 Å². The van der Waals surface area contributed by atoms with Crippen LogP contribution in [0.4, 0.5) is 0 Å². The third-order valence-corrected chi connectivity index (χ3v) is 1.91. The minimum Gasteiger partial charge on any atom is -0.309 e. The molecule has 0 saturated carbocycles. The van der Waals surface area contributed by atoms with Gasteiger partial charge in [-0.1, -0.05) is 44.2 Å². The minimum absolute atomic E-state index is 1.18. The number of nitrogens with zero attached hydrogens (tertiary/aromatic N) is 1. The summed E-state index contributed by atoms with van der Waals surface area (Å²) in [5.74, 6) is 0. The van der Waals surface area contributed by atoms with E-state index in [1.165, 1.54) is 24.9 Å². The molecule has 0 saturated heterocycles. The zero-order valence-electron chi connectivity index (χ0n) is 9.96. The molecule has 0 aliphatic heterocycles. The van der Waals surface area contributed by atoms with E-state index >= 15 is 0 Å². The lowest BCUT2D eigenvalue weighted by molar-refractivity contribution is 0.400. The third kappa shape index (κ3) is 6.67. The number of hydrogen-bond acceptors (Lipinski definition) is 1. The quantitative estimate of drug-likeness (QED) is 0.709. The smallest absolute Gasteiger partial charge is 0.00217 e. The zero-order valence-corrected chi connectivity index (χ0v) is 9.96. The second-order valence-electron chi connectivity index (χ2n) is 3.39. The Labute approximate surface area is 88.8 Å². The molecule has 0 radical (unpaired) electrons. The highest BCUT2D eigenvalue weighted by atomic mass is 15.0. The average molecular weight is 193 g/mol. The van der Waals surface area contributed by atoms with Crippen LogP contribution in [-0.4, -0.2) is 25.5 Å². The van der Waals surface area contributed by atoms with E-state index in [0.717, 1.165) is 0 Å². The maximum atomic E-state index is 2.23. The van der Waals surface area contributed by atoms with Gasteiger partial charge in [0.05, 0.1) is 0 Å². The van der Waals surface area contributed by atoms with Gasteiger partial charge in [0.15, 0.2) is 0 Å². The normalized spacial score (nSPS) is 9.50. The lowest BCUT2D eigenvalue weighted by atomic mass is 10.1. The highest BCUT2D eigenvalue weighted by molar-refractivity contribution is 5.14. The lowest BCUT2D eigenvalue weighted by Gasteiger charge is -2.08. The van der Waals surface area contributed by atoms with Crippen molar-refractivity contribution in [3.8, 4) is 0 Å². The van der Waals surface area contributed by atoms with Crippen LogP contribution < -0.4 is 0 Å². The molecule has 80 valence electrons. The van der Waals surface area contributed by atoms with Crippen LogP contribution in [0.25, 0.3) is 0 Å². The molecule has 1 aromatic carbocycles. The first-order valence-corrected chi connectivity index (χ1v) is 5.47. The van der Waals surface area contributed by atoms with Gasteiger partial charge in [0.1, 0.15) is 0 Å². The standard InChI is InChI=1S/C11H17N.C2H6/c1-12(2)10-6-9-11-7-4-3-5-8-11;1-2/h3-5,7-8H,6,9-10H2,1-2H3;1-2H3. The average Bonchev–Trinajstić information content (AvgIpc) is 2.22. The van der Waals surface area contributed by atoms with Gasteiger partial charge in [-0.3, -0.25) is 0 Å². The molecular weight excluding hydrogens is 170 g/mol. The van der Waals surface area contributed by atoms with Crippen molar-refractivity contribution in [2.45, 2.75) is 26.7 Å². The molecule has 1 rings (SSSR count). The number of hydrogen-bond donors (Lipinski definition) is 0.